The summed E-state index contributed by atoms with van der Waals surface area (Å²) < 4.78 is 13.4. The number of rotatable bonds is 3. The second kappa shape index (κ2) is 6.96. The molecular formula is C22H17ClOP+. The molecule has 0 amide bonds. The summed E-state index contributed by atoms with van der Waals surface area (Å²) in [5.74, 6) is 0. The van der Waals surface area contributed by atoms with Gasteiger partial charge in [0, 0.05) is 22.6 Å². The Labute approximate surface area is 153 Å². The van der Waals surface area contributed by atoms with E-state index >= 15 is 0 Å². The molecule has 0 bridgehead atoms. The Bertz CT molecular complexity index is 976. The zero-order valence-electron chi connectivity index (χ0n) is 13.7. The molecule has 0 N–H and O–H groups in total. The molecule has 0 spiro atoms. The lowest BCUT2D eigenvalue weighted by Gasteiger charge is -2.19. The standard InChI is InChI=1S/C22H17ClOP/c23-20-13-7-6-12-19(20)22-18-11-5-4-8-16(18)14-15-21(22)25(24)17-9-2-1-3-10-17/h1-13H,14-15H2/q+1. The van der Waals surface area contributed by atoms with Crippen LogP contribution in [0.2, 0.25) is 5.02 Å². The number of hydrogen-bond donors (Lipinski definition) is 0. The first-order valence-corrected chi connectivity index (χ1v) is 9.98. The van der Waals surface area contributed by atoms with Gasteiger partial charge in [-0.2, -0.15) is 0 Å². The van der Waals surface area contributed by atoms with Crippen LogP contribution < -0.4 is 5.30 Å². The first-order valence-electron chi connectivity index (χ1n) is 8.34. The Balaban J connectivity index is 1.97. The van der Waals surface area contributed by atoms with Crippen molar-refractivity contribution in [2.45, 2.75) is 12.8 Å². The molecule has 1 nitrogen and oxygen atoms in total. The molecule has 25 heavy (non-hydrogen) atoms. The highest BCUT2D eigenvalue weighted by molar-refractivity contribution is 7.58. The van der Waals surface area contributed by atoms with Crippen molar-refractivity contribution in [1.29, 1.82) is 0 Å². The first kappa shape index (κ1) is 16.3. The van der Waals surface area contributed by atoms with Crippen molar-refractivity contribution in [3.05, 3.63) is 106 Å². The Morgan fingerprint density at radius 2 is 1.36 bits per heavy atom. The minimum atomic E-state index is -1.62. The quantitative estimate of drug-likeness (QED) is 0.506. The zero-order valence-corrected chi connectivity index (χ0v) is 15.3. The molecular weight excluding hydrogens is 347 g/mol. The van der Waals surface area contributed by atoms with Gasteiger partial charge in [0.1, 0.15) is 0 Å². The Morgan fingerprint density at radius 3 is 2.12 bits per heavy atom. The van der Waals surface area contributed by atoms with Crippen LogP contribution in [0.3, 0.4) is 0 Å². The molecule has 4 rings (SSSR count). The van der Waals surface area contributed by atoms with Gasteiger partial charge < -0.3 is 0 Å². The maximum atomic E-state index is 13.4. The van der Waals surface area contributed by atoms with E-state index in [1.54, 1.807) is 0 Å². The lowest BCUT2D eigenvalue weighted by Crippen LogP contribution is -2.08. The molecule has 3 aromatic rings. The number of hydrogen-bond acceptors (Lipinski definition) is 1. The summed E-state index contributed by atoms with van der Waals surface area (Å²) in [5, 5.41) is 2.56. The van der Waals surface area contributed by atoms with Gasteiger partial charge in [0.2, 0.25) is 0 Å². The topological polar surface area (TPSA) is 17.1 Å². The van der Waals surface area contributed by atoms with Gasteiger partial charge in [-0.05, 0) is 35.7 Å². The molecule has 0 aliphatic heterocycles. The highest BCUT2D eigenvalue weighted by Gasteiger charge is 2.35. The smallest absolute Gasteiger partial charge is 0.0837 e. The number of fused-ring (bicyclic) bond motifs is 1. The van der Waals surface area contributed by atoms with Crippen LogP contribution in [0, 0.1) is 0 Å². The largest absolute Gasteiger partial charge is 0.411 e. The molecule has 0 saturated carbocycles. The van der Waals surface area contributed by atoms with Crippen LogP contribution in [0.25, 0.3) is 5.57 Å². The fourth-order valence-corrected chi connectivity index (χ4v) is 5.15. The van der Waals surface area contributed by atoms with Gasteiger partial charge in [0.05, 0.1) is 0 Å². The van der Waals surface area contributed by atoms with Crippen LogP contribution in [0.1, 0.15) is 23.1 Å². The number of allylic oxidation sites excluding steroid dienone is 1. The van der Waals surface area contributed by atoms with Crippen molar-refractivity contribution < 1.29 is 4.57 Å². The Hall–Kier alpha value is -2.21. The molecule has 0 aromatic heterocycles. The third kappa shape index (κ3) is 3.06. The fraction of sp³-hybridized carbons (Fsp3) is 0.0909. The average molecular weight is 364 g/mol. The van der Waals surface area contributed by atoms with Crippen molar-refractivity contribution in [1.82, 2.24) is 0 Å². The van der Waals surface area contributed by atoms with Crippen LogP contribution in [0.15, 0.2) is 84.2 Å². The maximum Gasteiger partial charge on any atom is 0.411 e. The predicted octanol–water partition coefficient (Wildman–Crippen LogP) is 6.20. The summed E-state index contributed by atoms with van der Waals surface area (Å²) in [6.45, 7) is 0. The molecule has 1 unspecified atom stereocenters. The molecule has 1 atom stereocenters. The minimum absolute atomic E-state index is 0.697. The normalized spacial score (nSPS) is 14.2. The molecule has 0 radical (unpaired) electrons. The third-order valence-corrected chi connectivity index (χ3v) is 6.62. The summed E-state index contributed by atoms with van der Waals surface area (Å²) in [5.41, 5.74) is 4.44. The molecule has 1 aliphatic carbocycles. The molecule has 1 aliphatic rings. The van der Waals surface area contributed by atoms with Crippen molar-refractivity contribution in [3.63, 3.8) is 0 Å². The van der Waals surface area contributed by atoms with Crippen LogP contribution in [0.4, 0.5) is 0 Å². The second-order valence-corrected chi connectivity index (χ2v) is 8.14. The molecule has 3 aromatic carbocycles. The molecule has 0 heterocycles. The highest BCUT2D eigenvalue weighted by Crippen LogP contribution is 2.47. The summed E-state index contributed by atoms with van der Waals surface area (Å²) in [6, 6.07) is 25.9. The lowest BCUT2D eigenvalue weighted by atomic mass is 9.87. The summed E-state index contributed by atoms with van der Waals surface area (Å²) in [6.07, 6.45) is 1.70. The zero-order chi connectivity index (χ0) is 17.2. The van der Waals surface area contributed by atoms with Crippen LogP contribution in [0.5, 0.6) is 0 Å². The van der Waals surface area contributed by atoms with E-state index in [4.69, 9.17) is 11.6 Å². The second-order valence-electron chi connectivity index (χ2n) is 6.09. The number of benzene rings is 3. The van der Waals surface area contributed by atoms with Crippen molar-refractivity contribution in [3.8, 4) is 0 Å². The van der Waals surface area contributed by atoms with E-state index in [1.807, 2.05) is 60.7 Å². The van der Waals surface area contributed by atoms with Gasteiger partial charge in [-0.25, -0.2) is 0 Å². The van der Waals surface area contributed by atoms with E-state index in [-0.39, 0.29) is 0 Å². The molecule has 0 fully saturated rings. The van der Waals surface area contributed by atoms with Crippen molar-refractivity contribution in [2.24, 2.45) is 0 Å². The lowest BCUT2D eigenvalue weighted by molar-refractivity contribution is 0.595. The van der Waals surface area contributed by atoms with Gasteiger partial charge in [-0.3, -0.25) is 0 Å². The summed E-state index contributed by atoms with van der Waals surface area (Å²) in [4.78, 5) is 0. The van der Waals surface area contributed by atoms with E-state index in [1.165, 1.54) is 5.56 Å². The maximum absolute atomic E-state index is 13.4. The van der Waals surface area contributed by atoms with Gasteiger partial charge in [-0.15, -0.1) is 0 Å². The predicted molar refractivity (Wildman–Crippen MR) is 106 cm³/mol. The minimum Gasteiger partial charge on any atom is -0.0837 e. The molecule has 0 saturated heterocycles. The Morgan fingerprint density at radius 1 is 0.720 bits per heavy atom. The van der Waals surface area contributed by atoms with Crippen molar-refractivity contribution in [2.75, 3.05) is 0 Å². The van der Waals surface area contributed by atoms with E-state index < -0.39 is 7.80 Å². The molecule has 122 valence electrons. The van der Waals surface area contributed by atoms with Crippen LogP contribution >= 0.6 is 19.4 Å². The summed E-state index contributed by atoms with van der Waals surface area (Å²) in [7, 11) is -1.62. The van der Waals surface area contributed by atoms with Gasteiger partial charge in [0.25, 0.3) is 0 Å². The summed E-state index contributed by atoms with van der Waals surface area (Å²) >= 11 is 6.51. The first-order chi connectivity index (χ1) is 12.3. The van der Waals surface area contributed by atoms with Crippen LogP contribution in [-0.2, 0) is 11.0 Å². The molecule has 3 heteroatoms. The van der Waals surface area contributed by atoms with Gasteiger partial charge >= 0.3 is 7.80 Å². The SMILES string of the molecule is O=[P+](C1=C(c2ccccc2Cl)c2ccccc2CC1)c1ccccc1. The van der Waals surface area contributed by atoms with Gasteiger partial charge in [0.15, 0.2) is 10.6 Å². The van der Waals surface area contributed by atoms with E-state index in [0.29, 0.717) is 5.02 Å². The van der Waals surface area contributed by atoms with E-state index in [9.17, 15) is 4.57 Å². The van der Waals surface area contributed by atoms with Gasteiger partial charge in [-0.1, -0.05) is 76.8 Å². The number of aryl methyl sites for hydroxylation is 1. The van der Waals surface area contributed by atoms with E-state index in [0.717, 1.165) is 40.2 Å². The van der Waals surface area contributed by atoms with Crippen molar-refractivity contribution >= 4 is 30.3 Å². The fourth-order valence-electron chi connectivity index (χ4n) is 3.40. The Kier molecular flexibility index (Phi) is 4.53. The monoisotopic (exact) mass is 363 g/mol. The van der Waals surface area contributed by atoms with E-state index in [2.05, 4.69) is 18.2 Å². The number of halogens is 1. The average Bonchev–Trinajstić information content (AvgIpc) is 2.68. The highest BCUT2D eigenvalue weighted by atomic mass is 35.5. The van der Waals surface area contributed by atoms with Crippen LogP contribution in [-0.4, -0.2) is 0 Å². The third-order valence-electron chi connectivity index (χ3n) is 4.59.